The molecule has 1 N–H and O–H groups in total. The highest BCUT2D eigenvalue weighted by atomic mass is 19.3. The molecule has 0 aromatic heterocycles. The topological polar surface area (TPSA) is 20.2 Å². The summed E-state index contributed by atoms with van der Waals surface area (Å²) in [5, 5.41) is 9.39. The van der Waals surface area contributed by atoms with Crippen molar-refractivity contribution >= 4 is 0 Å². The highest BCUT2D eigenvalue weighted by Gasteiger charge is 2.38. The summed E-state index contributed by atoms with van der Waals surface area (Å²) >= 11 is 0. The molecule has 13 heavy (non-hydrogen) atoms. The highest BCUT2D eigenvalue weighted by Crippen LogP contribution is 2.39. The summed E-state index contributed by atoms with van der Waals surface area (Å²) in [5.41, 5.74) is -0.551. The second-order valence-corrected chi connectivity index (χ2v) is 4.35. The molecule has 0 aromatic carbocycles. The molecule has 1 unspecified atom stereocenters. The van der Waals surface area contributed by atoms with E-state index >= 15 is 0 Å². The van der Waals surface area contributed by atoms with Crippen molar-refractivity contribution in [2.24, 2.45) is 5.41 Å². The maximum atomic E-state index is 12.3. The van der Waals surface area contributed by atoms with Crippen LogP contribution in [0.1, 0.15) is 45.4 Å². The third-order valence-corrected chi connectivity index (χ3v) is 3.20. The van der Waals surface area contributed by atoms with Crippen LogP contribution in [0, 0.1) is 5.41 Å². The van der Waals surface area contributed by atoms with E-state index in [1.54, 1.807) is 6.92 Å². The van der Waals surface area contributed by atoms with Crippen LogP contribution in [0.4, 0.5) is 8.78 Å². The van der Waals surface area contributed by atoms with Gasteiger partial charge in [0.1, 0.15) is 6.10 Å². The molecule has 0 amide bonds. The summed E-state index contributed by atoms with van der Waals surface area (Å²) in [6.45, 7) is 1.79. The molecule has 0 aliphatic heterocycles. The summed E-state index contributed by atoms with van der Waals surface area (Å²) in [6, 6.07) is 0. The van der Waals surface area contributed by atoms with E-state index in [0.717, 1.165) is 38.5 Å². The fourth-order valence-electron chi connectivity index (χ4n) is 2.14. The predicted octanol–water partition coefficient (Wildman–Crippen LogP) is 2.97. The first-order valence-electron chi connectivity index (χ1n) is 5.02. The number of rotatable bonds is 2. The van der Waals surface area contributed by atoms with E-state index in [0.29, 0.717) is 0 Å². The van der Waals surface area contributed by atoms with Crippen molar-refractivity contribution in [3.63, 3.8) is 0 Å². The first kappa shape index (κ1) is 10.9. The quantitative estimate of drug-likeness (QED) is 0.667. The normalized spacial score (nSPS) is 25.6. The second kappa shape index (κ2) is 4.36. The van der Waals surface area contributed by atoms with Crippen molar-refractivity contribution in [1.29, 1.82) is 0 Å². The minimum atomic E-state index is -2.59. The summed E-state index contributed by atoms with van der Waals surface area (Å²) in [4.78, 5) is 0. The van der Waals surface area contributed by atoms with Crippen molar-refractivity contribution < 1.29 is 13.9 Å². The molecule has 1 nitrogen and oxygen atoms in total. The predicted molar refractivity (Wildman–Crippen MR) is 47.8 cm³/mol. The van der Waals surface area contributed by atoms with E-state index in [-0.39, 0.29) is 0 Å². The number of hydrogen-bond acceptors (Lipinski definition) is 1. The molecule has 1 aliphatic rings. The fraction of sp³-hybridized carbons (Fsp3) is 1.00. The third-order valence-electron chi connectivity index (χ3n) is 3.20. The van der Waals surface area contributed by atoms with Crippen molar-refractivity contribution in [2.45, 2.75) is 58.0 Å². The van der Waals surface area contributed by atoms with Gasteiger partial charge in [-0.1, -0.05) is 32.6 Å². The Labute approximate surface area is 78.1 Å². The van der Waals surface area contributed by atoms with Gasteiger partial charge in [-0.3, -0.25) is 0 Å². The van der Waals surface area contributed by atoms with Crippen LogP contribution >= 0.6 is 0 Å². The van der Waals surface area contributed by atoms with Crippen molar-refractivity contribution in [2.75, 3.05) is 0 Å². The van der Waals surface area contributed by atoms with E-state index in [4.69, 9.17) is 0 Å². The minimum Gasteiger partial charge on any atom is -0.387 e. The molecule has 0 aromatic rings. The van der Waals surface area contributed by atoms with Gasteiger partial charge in [0.2, 0.25) is 0 Å². The molecular weight excluding hydrogens is 174 g/mol. The molecule has 0 saturated heterocycles. The molecule has 78 valence electrons. The molecule has 0 heterocycles. The Hall–Kier alpha value is -0.180. The van der Waals surface area contributed by atoms with Gasteiger partial charge in [-0.15, -0.1) is 0 Å². The molecule has 1 fully saturated rings. The maximum absolute atomic E-state index is 12.3. The van der Waals surface area contributed by atoms with Crippen LogP contribution in [0.5, 0.6) is 0 Å². The Bertz CT molecular complexity index is 151. The Balaban J connectivity index is 2.60. The van der Waals surface area contributed by atoms with Crippen LogP contribution in [0.15, 0.2) is 0 Å². The van der Waals surface area contributed by atoms with Crippen LogP contribution in [-0.2, 0) is 0 Å². The van der Waals surface area contributed by atoms with E-state index < -0.39 is 17.9 Å². The Morgan fingerprint density at radius 2 is 1.54 bits per heavy atom. The average molecular weight is 192 g/mol. The number of aliphatic hydroxyl groups is 1. The van der Waals surface area contributed by atoms with Gasteiger partial charge >= 0.3 is 0 Å². The lowest BCUT2D eigenvalue weighted by Crippen LogP contribution is -2.37. The molecule has 0 spiro atoms. The van der Waals surface area contributed by atoms with Crippen molar-refractivity contribution in [3.05, 3.63) is 0 Å². The summed E-state index contributed by atoms with van der Waals surface area (Å²) in [6.07, 6.45) is 1.61. The number of halogens is 2. The van der Waals surface area contributed by atoms with Gasteiger partial charge < -0.3 is 5.11 Å². The number of alkyl halides is 2. The van der Waals surface area contributed by atoms with E-state index in [1.807, 2.05) is 0 Å². The number of aliphatic hydroxyl groups excluding tert-OH is 1. The van der Waals surface area contributed by atoms with Crippen molar-refractivity contribution in [1.82, 2.24) is 0 Å². The third kappa shape index (κ3) is 2.63. The van der Waals surface area contributed by atoms with Gasteiger partial charge in [0.15, 0.2) is 0 Å². The summed E-state index contributed by atoms with van der Waals surface area (Å²) < 4.78 is 24.7. The molecule has 0 bridgehead atoms. The Kier molecular flexibility index (Phi) is 3.65. The molecule has 1 aliphatic carbocycles. The van der Waals surface area contributed by atoms with Gasteiger partial charge in [-0.05, 0) is 18.3 Å². The van der Waals surface area contributed by atoms with Gasteiger partial charge in [-0.25, -0.2) is 8.78 Å². The molecule has 3 heteroatoms. The first-order valence-corrected chi connectivity index (χ1v) is 5.02. The lowest BCUT2D eigenvalue weighted by molar-refractivity contribution is -0.0826. The highest BCUT2D eigenvalue weighted by molar-refractivity contribution is 4.85. The fourth-order valence-corrected chi connectivity index (χ4v) is 2.14. The Morgan fingerprint density at radius 1 is 1.08 bits per heavy atom. The zero-order valence-electron chi connectivity index (χ0n) is 8.10. The van der Waals surface area contributed by atoms with Gasteiger partial charge in [0.05, 0.1) is 0 Å². The summed E-state index contributed by atoms with van der Waals surface area (Å²) in [7, 11) is 0. The zero-order valence-corrected chi connectivity index (χ0v) is 8.10. The van der Waals surface area contributed by atoms with Gasteiger partial charge in [-0.2, -0.15) is 0 Å². The van der Waals surface area contributed by atoms with Gasteiger partial charge in [0.25, 0.3) is 6.43 Å². The summed E-state index contributed by atoms with van der Waals surface area (Å²) in [5.74, 6) is 0. The lowest BCUT2D eigenvalue weighted by atomic mass is 9.77. The standard InChI is InChI=1S/C10H18F2O/c1-10(8(13)9(11)12)6-4-2-3-5-7-10/h8-9,13H,2-7H2,1H3. The van der Waals surface area contributed by atoms with Crippen LogP contribution in [0.2, 0.25) is 0 Å². The molecule has 1 atom stereocenters. The SMILES string of the molecule is CC1(C(O)C(F)F)CCCCCC1. The second-order valence-electron chi connectivity index (χ2n) is 4.35. The van der Waals surface area contributed by atoms with Crippen LogP contribution < -0.4 is 0 Å². The molecule has 1 saturated carbocycles. The first-order chi connectivity index (χ1) is 6.06. The largest absolute Gasteiger partial charge is 0.387 e. The molecule has 0 radical (unpaired) electrons. The minimum absolute atomic E-state index is 0.551. The van der Waals surface area contributed by atoms with Crippen LogP contribution in [0.3, 0.4) is 0 Å². The zero-order chi connectivity index (χ0) is 9.90. The van der Waals surface area contributed by atoms with E-state index in [1.165, 1.54) is 0 Å². The number of hydrogen-bond donors (Lipinski definition) is 1. The van der Waals surface area contributed by atoms with E-state index in [2.05, 4.69) is 0 Å². The maximum Gasteiger partial charge on any atom is 0.264 e. The average Bonchev–Trinajstić information content (AvgIpc) is 2.29. The molecule has 1 rings (SSSR count). The van der Waals surface area contributed by atoms with E-state index in [9.17, 15) is 13.9 Å². The lowest BCUT2D eigenvalue weighted by Gasteiger charge is -2.32. The van der Waals surface area contributed by atoms with Crippen LogP contribution in [0.25, 0.3) is 0 Å². The van der Waals surface area contributed by atoms with Crippen molar-refractivity contribution in [3.8, 4) is 0 Å². The van der Waals surface area contributed by atoms with Crippen LogP contribution in [-0.4, -0.2) is 17.6 Å². The monoisotopic (exact) mass is 192 g/mol. The smallest absolute Gasteiger partial charge is 0.264 e. The molecular formula is C10H18F2O. The Morgan fingerprint density at radius 3 is 1.92 bits per heavy atom. The van der Waals surface area contributed by atoms with Gasteiger partial charge in [0, 0.05) is 0 Å².